The number of amides is 1. The number of carboxylic acids is 1. The van der Waals surface area contributed by atoms with Gasteiger partial charge in [-0.25, -0.2) is 9.18 Å². The summed E-state index contributed by atoms with van der Waals surface area (Å²) < 4.78 is 13.3. The first kappa shape index (κ1) is 19.5. The van der Waals surface area contributed by atoms with Gasteiger partial charge in [-0.1, -0.05) is 18.2 Å². The molecule has 0 spiro atoms. The maximum atomic E-state index is 13.3. The van der Waals surface area contributed by atoms with Crippen molar-refractivity contribution in [3.8, 4) is 21.7 Å². The van der Waals surface area contributed by atoms with Crippen LogP contribution in [0, 0.1) is 5.82 Å². The number of H-pyrrole nitrogens is 1. The number of thiophene rings is 1. The van der Waals surface area contributed by atoms with Crippen LogP contribution in [0.25, 0.3) is 21.7 Å². The molecule has 0 saturated heterocycles. The van der Waals surface area contributed by atoms with E-state index in [-0.39, 0.29) is 23.8 Å². The van der Waals surface area contributed by atoms with Crippen LogP contribution in [0.2, 0.25) is 0 Å². The van der Waals surface area contributed by atoms with Gasteiger partial charge in [0.1, 0.15) is 11.5 Å². The number of hydrogen-bond donors (Lipinski definition) is 3. The van der Waals surface area contributed by atoms with Gasteiger partial charge < -0.3 is 15.4 Å². The molecule has 150 valence electrons. The summed E-state index contributed by atoms with van der Waals surface area (Å²) in [5.41, 5.74) is 3.12. The largest absolute Gasteiger partial charge is 0.478 e. The molecule has 4 aromatic rings. The minimum Gasteiger partial charge on any atom is -0.478 e. The normalized spacial score (nSPS) is 10.7. The fourth-order valence-corrected chi connectivity index (χ4v) is 3.67. The summed E-state index contributed by atoms with van der Waals surface area (Å²) in [6.07, 6.45) is 1.25. The number of aromatic nitrogens is 2. The molecule has 30 heavy (non-hydrogen) atoms. The van der Waals surface area contributed by atoms with Crippen molar-refractivity contribution in [2.75, 3.05) is 0 Å². The van der Waals surface area contributed by atoms with Crippen LogP contribution < -0.4 is 5.32 Å². The first-order chi connectivity index (χ1) is 14.5. The zero-order valence-electron chi connectivity index (χ0n) is 15.6. The molecule has 1 aromatic carbocycles. The molecular weight excluding hydrogens is 405 g/mol. The lowest BCUT2D eigenvalue weighted by atomic mass is 10.1. The van der Waals surface area contributed by atoms with E-state index in [0.29, 0.717) is 22.5 Å². The van der Waals surface area contributed by atoms with Crippen molar-refractivity contribution >= 4 is 23.2 Å². The van der Waals surface area contributed by atoms with E-state index in [1.807, 2.05) is 23.6 Å². The number of carbonyl (C=O) groups is 2. The molecule has 3 heterocycles. The van der Waals surface area contributed by atoms with Crippen molar-refractivity contribution in [3.05, 3.63) is 88.9 Å². The number of pyridine rings is 1. The molecule has 0 atom stereocenters. The van der Waals surface area contributed by atoms with E-state index in [2.05, 4.69) is 15.3 Å². The number of nitrogens with zero attached hydrogens (tertiary/aromatic N) is 1. The highest BCUT2D eigenvalue weighted by atomic mass is 32.1. The molecule has 8 heteroatoms. The van der Waals surface area contributed by atoms with Crippen molar-refractivity contribution in [3.63, 3.8) is 0 Å². The second-order valence-electron chi connectivity index (χ2n) is 6.48. The van der Waals surface area contributed by atoms with Gasteiger partial charge in [-0.2, -0.15) is 0 Å². The summed E-state index contributed by atoms with van der Waals surface area (Å²) in [6.45, 7) is 0.134. The summed E-state index contributed by atoms with van der Waals surface area (Å²) in [5, 5.41) is 13.7. The molecule has 0 aliphatic carbocycles. The van der Waals surface area contributed by atoms with Gasteiger partial charge in [-0.15, -0.1) is 11.3 Å². The topological polar surface area (TPSA) is 95.1 Å². The second kappa shape index (κ2) is 8.30. The fraction of sp³-hybridized carbons (Fsp3) is 0.0455. The standard InChI is InChI=1S/C22H16FN3O3S/c23-15-6-3-13(4-7-15)17-10-18(19-2-1-9-30-19)26-20(17)21(27)25-12-16-8-5-14(11-24-16)22(28)29/h1-11,26H,12H2,(H,25,27)(H,28,29). The molecule has 1 amide bonds. The molecule has 3 aromatic heterocycles. The second-order valence-corrected chi connectivity index (χ2v) is 7.43. The molecule has 0 aliphatic heterocycles. The average Bonchev–Trinajstić information content (AvgIpc) is 3.43. The average molecular weight is 421 g/mol. The van der Waals surface area contributed by atoms with Crippen LogP contribution in [-0.4, -0.2) is 27.0 Å². The number of carbonyl (C=O) groups excluding carboxylic acids is 1. The van der Waals surface area contributed by atoms with Crippen molar-refractivity contribution in [1.29, 1.82) is 0 Å². The monoisotopic (exact) mass is 421 g/mol. The van der Waals surface area contributed by atoms with E-state index in [4.69, 9.17) is 5.11 Å². The quantitative estimate of drug-likeness (QED) is 0.425. The van der Waals surface area contributed by atoms with Gasteiger partial charge in [0.05, 0.1) is 28.4 Å². The maximum Gasteiger partial charge on any atom is 0.337 e. The van der Waals surface area contributed by atoms with Crippen molar-refractivity contribution in [2.24, 2.45) is 0 Å². The number of rotatable bonds is 6. The van der Waals surface area contributed by atoms with Crippen molar-refractivity contribution < 1.29 is 19.1 Å². The number of aromatic carboxylic acids is 1. The highest BCUT2D eigenvalue weighted by Crippen LogP contribution is 2.32. The zero-order chi connectivity index (χ0) is 21.1. The van der Waals surface area contributed by atoms with Gasteiger partial charge in [0.25, 0.3) is 5.91 Å². The lowest BCUT2D eigenvalue weighted by Gasteiger charge is -2.07. The SMILES string of the molecule is O=C(O)c1ccc(CNC(=O)c2[nH]c(-c3cccs3)cc2-c2ccc(F)cc2)nc1. The van der Waals surface area contributed by atoms with Gasteiger partial charge in [0, 0.05) is 11.8 Å². The molecule has 0 bridgehead atoms. The van der Waals surface area contributed by atoms with Gasteiger partial charge in [0.2, 0.25) is 0 Å². The Bertz CT molecular complexity index is 1180. The number of benzene rings is 1. The lowest BCUT2D eigenvalue weighted by Crippen LogP contribution is -2.24. The fourth-order valence-electron chi connectivity index (χ4n) is 2.97. The van der Waals surface area contributed by atoms with Crippen LogP contribution in [0.15, 0.2) is 66.2 Å². The summed E-state index contributed by atoms with van der Waals surface area (Å²) in [4.78, 5) is 32.0. The predicted octanol–water partition coefficient (Wildman–Crippen LogP) is 4.57. The molecule has 0 aliphatic rings. The summed E-state index contributed by atoms with van der Waals surface area (Å²) in [7, 11) is 0. The molecule has 0 fully saturated rings. The van der Waals surface area contributed by atoms with Gasteiger partial charge in [-0.3, -0.25) is 9.78 Å². The lowest BCUT2D eigenvalue weighted by molar-refractivity contribution is 0.0696. The third-order valence-corrected chi connectivity index (χ3v) is 5.39. The Morgan fingerprint density at radius 1 is 1.13 bits per heavy atom. The van der Waals surface area contributed by atoms with Gasteiger partial charge >= 0.3 is 5.97 Å². The van der Waals surface area contributed by atoms with E-state index in [1.165, 1.54) is 24.4 Å². The van der Waals surface area contributed by atoms with E-state index < -0.39 is 5.97 Å². The van der Waals surface area contributed by atoms with E-state index in [1.54, 1.807) is 29.5 Å². The third kappa shape index (κ3) is 4.13. The summed E-state index contributed by atoms with van der Waals surface area (Å²) in [5.74, 6) is -1.76. The molecule has 6 nitrogen and oxygen atoms in total. The van der Waals surface area contributed by atoms with Crippen molar-refractivity contribution in [2.45, 2.75) is 6.54 Å². The maximum absolute atomic E-state index is 13.3. The number of carboxylic acid groups (broad SMARTS) is 1. The molecule has 4 rings (SSSR count). The Morgan fingerprint density at radius 3 is 2.57 bits per heavy atom. The Hall–Kier alpha value is -3.78. The van der Waals surface area contributed by atoms with Crippen molar-refractivity contribution in [1.82, 2.24) is 15.3 Å². The minimum absolute atomic E-state index is 0.0774. The first-order valence-electron chi connectivity index (χ1n) is 9.00. The van der Waals surface area contributed by atoms with E-state index >= 15 is 0 Å². The molecule has 0 unspecified atom stereocenters. The highest BCUT2D eigenvalue weighted by Gasteiger charge is 2.18. The predicted molar refractivity (Wildman–Crippen MR) is 112 cm³/mol. The van der Waals surface area contributed by atoms with Crippen LogP contribution in [-0.2, 0) is 6.54 Å². The Morgan fingerprint density at radius 2 is 1.93 bits per heavy atom. The van der Waals surface area contributed by atoms with Crippen LogP contribution in [0.3, 0.4) is 0 Å². The zero-order valence-corrected chi connectivity index (χ0v) is 16.4. The van der Waals surface area contributed by atoms with E-state index in [9.17, 15) is 14.0 Å². The summed E-state index contributed by atoms with van der Waals surface area (Å²) >= 11 is 1.54. The number of aromatic amines is 1. The first-order valence-corrected chi connectivity index (χ1v) is 9.88. The molecular formula is C22H16FN3O3S. The van der Waals surface area contributed by atoms with Gasteiger partial charge in [-0.05, 0) is 47.3 Å². The van der Waals surface area contributed by atoms with Crippen LogP contribution >= 0.6 is 11.3 Å². The Labute approximate surface area is 175 Å². The number of hydrogen-bond acceptors (Lipinski definition) is 4. The number of halogens is 1. The molecule has 0 radical (unpaired) electrons. The minimum atomic E-state index is -1.06. The third-order valence-electron chi connectivity index (χ3n) is 4.49. The highest BCUT2D eigenvalue weighted by molar-refractivity contribution is 7.13. The Kier molecular flexibility index (Phi) is 5.40. The van der Waals surface area contributed by atoms with Crippen LogP contribution in [0.1, 0.15) is 26.5 Å². The summed E-state index contributed by atoms with van der Waals surface area (Å²) in [6, 6.07) is 14.7. The molecule has 0 saturated carbocycles. The van der Waals surface area contributed by atoms with Crippen LogP contribution in [0.4, 0.5) is 4.39 Å². The molecule has 3 N–H and O–H groups in total. The van der Waals surface area contributed by atoms with Gasteiger partial charge in [0.15, 0.2) is 0 Å². The number of nitrogens with one attached hydrogen (secondary N) is 2. The van der Waals surface area contributed by atoms with E-state index in [0.717, 1.165) is 10.6 Å². The Balaban J connectivity index is 1.60. The van der Waals surface area contributed by atoms with Crippen LogP contribution in [0.5, 0.6) is 0 Å². The smallest absolute Gasteiger partial charge is 0.337 e.